The van der Waals surface area contributed by atoms with E-state index >= 15 is 0 Å². The monoisotopic (exact) mass is 244 g/mol. The lowest BCUT2D eigenvalue weighted by atomic mass is 10.1. The molecular weight excluding hydrogens is 224 g/mol. The molecule has 1 aliphatic carbocycles. The van der Waals surface area contributed by atoms with Gasteiger partial charge in [0.05, 0.1) is 0 Å². The third-order valence-corrected chi connectivity index (χ3v) is 3.52. The molecule has 1 unspecified atom stereocenters. The molecule has 1 N–H and O–H groups in total. The van der Waals surface area contributed by atoms with E-state index in [9.17, 15) is 0 Å². The molecule has 18 heavy (non-hydrogen) atoms. The molecule has 0 amide bonds. The Balaban J connectivity index is 1.89. The average Bonchev–Trinajstić information content (AvgIpc) is 2.89. The van der Waals surface area contributed by atoms with E-state index in [0.717, 1.165) is 5.75 Å². The first-order valence-corrected chi connectivity index (χ1v) is 6.65. The summed E-state index contributed by atoms with van der Waals surface area (Å²) < 4.78 is 5.24. The van der Waals surface area contributed by atoms with Gasteiger partial charge in [-0.1, -0.05) is 25.0 Å². The molecule has 0 bridgehead atoms. The lowest BCUT2D eigenvalue weighted by Crippen LogP contribution is -2.28. The van der Waals surface area contributed by atoms with Crippen molar-refractivity contribution in [2.24, 2.45) is 0 Å². The van der Waals surface area contributed by atoms with Crippen LogP contribution in [0.4, 0.5) is 0 Å². The highest BCUT2D eigenvalue weighted by molar-refractivity contribution is 5.29. The fraction of sp³-hybridized carbons (Fsp3) is 0.533. The highest BCUT2D eigenvalue weighted by Gasteiger charge is 2.17. The van der Waals surface area contributed by atoms with E-state index in [1.165, 1.54) is 31.2 Å². The summed E-state index contributed by atoms with van der Waals surface area (Å²) >= 11 is 0. The zero-order chi connectivity index (χ0) is 12.8. The molecule has 1 saturated carbocycles. The number of nitriles is 1. The first-order chi connectivity index (χ1) is 8.79. The van der Waals surface area contributed by atoms with Crippen LogP contribution in [0.2, 0.25) is 0 Å². The molecule has 0 spiro atoms. The largest absolute Gasteiger partial charge is 0.479 e. The molecule has 0 saturated heterocycles. The molecule has 0 heterocycles. The Morgan fingerprint density at radius 3 is 2.61 bits per heavy atom. The predicted octanol–water partition coefficient (Wildman–Crippen LogP) is 3.18. The van der Waals surface area contributed by atoms with Crippen LogP contribution >= 0.6 is 0 Å². The van der Waals surface area contributed by atoms with Crippen LogP contribution in [0.15, 0.2) is 24.3 Å². The zero-order valence-electron chi connectivity index (χ0n) is 10.9. The Hall–Kier alpha value is -1.53. The molecule has 1 aromatic carbocycles. The number of benzene rings is 1. The van der Waals surface area contributed by atoms with Gasteiger partial charge in [-0.25, -0.2) is 0 Å². The highest BCUT2D eigenvalue weighted by Crippen LogP contribution is 2.23. The van der Waals surface area contributed by atoms with E-state index < -0.39 is 0 Å². The lowest BCUT2D eigenvalue weighted by Gasteiger charge is -2.19. The van der Waals surface area contributed by atoms with Gasteiger partial charge < -0.3 is 10.1 Å². The van der Waals surface area contributed by atoms with Gasteiger partial charge in [-0.2, -0.15) is 5.26 Å². The number of nitrogens with one attached hydrogen (secondary N) is 1. The van der Waals surface area contributed by atoms with Crippen molar-refractivity contribution < 1.29 is 4.74 Å². The molecule has 96 valence electrons. The Bertz CT molecular complexity index is 401. The van der Waals surface area contributed by atoms with Gasteiger partial charge in [0, 0.05) is 12.1 Å². The third-order valence-electron chi connectivity index (χ3n) is 3.52. The second-order valence-corrected chi connectivity index (χ2v) is 4.89. The number of rotatable bonds is 5. The van der Waals surface area contributed by atoms with Crippen LogP contribution in [0.5, 0.6) is 5.75 Å². The normalized spacial score (nSPS) is 17.3. The molecule has 1 aliphatic rings. The Morgan fingerprint density at radius 2 is 2.00 bits per heavy atom. The van der Waals surface area contributed by atoms with Gasteiger partial charge in [0.1, 0.15) is 11.8 Å². The van der Waals surface area contributed by atoms with Gasteiger partial charge in [-0.05, 0) is 37.5 Å². The molecule has 2 rings (SSSR count). The molecule has 3 nitrogen and oxygen atoms in total. The molecule has 1 atom stereocenters. The fourth-order valence-electron chi connectivity index (χ4n) is 2.51. The average molecular weight is 244 g/mol. The Morgan fingerprint density at radius 1 is 1.33 bits per heavy atom. The summed E-state index contributed by atoms with van der Waals surface area (Å²) in [6.07, 6.45) is 5.30. The smallest absolute Gasteiger partial charge is 0.174 e. The molecule has 0 radical (unpaired) electrons. The molecule has 1 fully saturated rings. The van der Waals surface area contributed by atoms with Crippen molar-refractivity contribution in [1.29, 1.82) is 5.26 Å². The second-order valence-electron chi connectivity index (χ2n) is 4.89. The maximum atomic E-state index is 8.44. The minimum atomic E-state index is 0.106. The predicted molar refractivity (Wildman–Crippen MR) is 71.4 cm³/mol. The number of nitrogens with zero attached hydrogens (tertiary/aromatic N) is 1. The van der Waals surface area contributed by atoms with Crippen LogP contribution in [-0.4, -0.2) is 12.6 Å². The maximum Gasteiger partial charge on any atom is 0.174 e. The minimum absolute atomic E-state index is 0.106. The SMILES string of the molecule is CC(NC1CCCC1)c1ccc(OCC#N)cc1. The molecule has 0 aliphatic heterocycles. The van der Waals surface area contributed by atoms with Gasteiger partial charge in [0.25, 0.3) is 0 Å². The number of hydrogen-bond acceptors (Lipinski definition) is 3. The summed E-state index contributed by atoms with van der Waals surface area (Å²) in [4.78, 5) is 0. The van der Waals surface area contributed by atoms with Gasteiger partial charge >= 0.3 is 0 Å². The lowest BCUT2D eigenvalue weighted by molar-refractivity contribution is 0.367. The van der Waals surface area contributed by atoms with E-state index in [2.05, 4.69) is 24.4 Å². The topological polar surface area (TPSA) is 45.0 Å². The third kappa shape index (κ3) is 3.48. The van der Waals surface area contributed by atoms with Crippen LogP contribution < -0.4 is 10.1 Å². The van der Waals surface area contributed by atoms with Crippen molar-refractivity contribution >= 4 is 0 Å². The summed E-state index contributed by atoms with van der Waals surface area (Å²) in [5, 5.41) is 12.1. The van der Waals surface area contributed by atoms with Crippen LogP contribution in [0.25, 0.3) is 0 Å². The zero-order valence-corrected chi connectivity index (χ0v) is 10.9. The summed E-state index contributed by atoms with van der Waals surface area (Å²) in [6.45, 7) is 2.30. The fourth-order valence-corrected chi connectivity index (χ4v) is 2.51. The molecular formula is C15H20N2O. The first-order valence-electron chi connectivity index (χ1n) is 6.65. The first kappa shape index (κ1) is 12.9. The quantitative estimate of drug-likeness (QED) is 0.865. The van der Waals surface area contributed by atoms with Crippen molar-refractivity contribution in [3.8, 4) is 11.8 Å². The highest BCUT2D eigenvalue weighted by atomic mass is 16.5. The summed E-state index contributed by atoms with van der Waals surface area (Å²) in [5.41, 5.74) is 1.27. The van der Waals surface area contributed by atoms with Crippen LogP contribution in [-0.2, 0) is 0 Å². The van der Waals surface area contributed by atoms with Gasteiger partial charge in [0.2, 0.25) is 0 Å². The molecule has 3 heteroatoms. The standard InChI is InChI=1S/C15H20N2O/c1-12(17-14-4-2-3-5-14)13-6-8-15(9-7-13)18-11-10-16/h6-9,12,14,17H,2-5,11H2,1H3. The van der Waals surface area contributed by atoms with Crippen molar-refractivity contribution in [3.63, 3.8) is 0 Å². The Labute approximate surface area is 109 Å². The van der Waals surface area contributed by atoms with Crippen LogP contribution in [0, 0.1) is 11.3 Å². The van der Waals surface area contributed by atoms with Crippen molar-refractivity contribution in [3.05, 3.63) is 29.8 Å². The van der Waals surface area contributed by atoms with Crippen LogP contribution in [0.3, 0.4) is 0 Å². The molecule has 0 aromatic heterocycles. The number of ether oxygens (including phenoxy) is 1. The van der Waals surface area contributed by atoms with Crippen molar-refractivity contribution in [1.82, 2.24) is 5.32 Å². The summed E-state index contributed by atoms with van der Waals surface area (Å²) in [6, 6.07) is 11.0. The van der Waals surface area contributed by atoms with E-state index in [1.54, 1.807) is 0 Å². The summed E-state index contributed by atoms with van der Waals surface area (Å²) in [7, 11) is 0. The number of hydrogen-bond donors (Lipinski definition) is 1. The van der Waals surface area contributed by atoms with Gasteiger partial charge in [0.15, 0.2) is 6.61 Å². The minimum Gasteiger partial charge on any atom is -0.479 e. The van der Waals surface area contributed by atoms with Crippen molar-refractivity contribution in [2.75, 3.05) is 6.61 Å². The van der Waals surface area contributed by atoms with E-state index in [0.29, 0.717) is 12.1 Å². The summed E-state index contributed by atoms with van der Waals surface area (Å²) in [5.74, 6) is 0.758. The second kappa shape index (κ2) is 6.42. The van der Waals surface area contributed by atoms with E-state index in [4.69, 9.17) is 10.00 Å². The van der Waals surface area contributed by atoms with E-state index in [1.807, 2.05) is 18.2 Å². The van der Waals surface area contributed by atoms with Crippen molar-refractivity contribution in [2.45, 2.75) is 44.7 Å². The maximum absolute atomic E-state index is 8.44. The molecule has 1 aromatic rings. The Kier molecular flexibility index (Phi) is 4.60. The van der Waals surface area contributed by atoms with Gasteiger partial charge in [-0.3, -0.25) is 0 Å². The van der Waals surface area contributed by atoms with E-state index in [-0.39, 0.29) is 6.61 Å². The van der Waals surface area contributed by atoms with Gasteiger partial charge in [-0.15, -0.1) is 0 Å². The van der Waals surface area contributed by atoms with Crippen LogP contribution in [0.1, 0.15) is 44.2 Å².